The molecule has 2 aromatic heterocycles. The Morgan fingerprint density at radius 1 is 1.25 bits per heavy atom. The minimum atomic E-state index is -0.539. The molecule has 2 N–H and O–H groups in total. The van der Waals surface area contributed by atoms with E-state index in [4.69, 9.17) is 5.73 Å². The van der Waals surface area contributed by atoms with Crippen LogP contribution in [0.1, 0.15) is 11.1 Å². The summed E-state index contributed by atoms with van der Waals surface area (Å²) in [6.07, 6.45) is 5.57. The maximum atomic E-state index is 12.4. The van der Waals surface area contributed by atoms with E-state index in [2.05, 4.69) is 16.9 Å². The fraction of sp³-hybridized carbons (Fsp3) is 0.222. The van der Waals surface area contributed by atoms with Crippen LogP contribution in [0.25, 0.3) is 10.9 Å². The zero-order valence-electron chi connectivity index (χ0n) is 13.5. The highest BCUT2D eigenvalue weighted by Crippen LogP contribution is 2.31. The van der Waals surface area contributed by atoms with Gasteiger partial charge in [-0.2, -0.15) is 5.10 Å². The van der Waals surface area contributed by atoms with Gasteiger partial charge in [0.1, 0.15) is 6.04 Å². The molecule has 1 aromatic carbocycles. The first-order chi connectivity index (χ1) is 11.5. The van der Waals surface area contributed by atoms with Gasteiger partial charge in [0.05, 0.1) is 23.0 Å². The van der Waals surface area contributed by atoms with E-state index in [0.717, 1.165) is 27.7 Å². The van der Waals surface area contributed by atoms with E-state index in [1.54, 1.807) is 22.8 Å². The van der Waals surface area contributed by atoms with Gasteiger partial charge in [-0.1, -0.05) is 11.8 Å². The summed E-state index contributed by atoms with van der Waals surface area (Å²) >= 11 is 0. The highest BCUT2D eigenvalue weighted by atomic mass is 16.2. The van der Waals surface area contributed by atoms with Gasteiger partial charge in [0.15, 0.2) is 0 Å². The average Bonchev–Trinajstić information content (AvgIpc) is 3.15. The van der Waals surface area contributed by atoms with Crippen LogP contribution in [0.4, 0.5) is 5.69 Å². The lowest BCUT2D eigenvalue weighted by Gasteiger charge is -2.18. The molecule has 6 nitrogen and oxygen atoms in total. The zero-order valence-corrected chi connectivity index (χ0v) is 13.5. The summed E-state index contributed by atoms with van der Waals surface area (Å²) in [4.78, 5) is 14.0. The number of hydrogen-bond acceptors (Lipinski definition) is 3. The van der Waals surface area contributed by atoms with Crippen LogP contribution in [-0.4, -0.2) is 33.3 Å². The van der Waals surface area contributed by atoms with E-state index >= 15 is 0 Å². The Morgan fingerprint density at radius 3 is 2.79 bits per heavy atom. The third-order valence-corrected chi connectivity index (χ3v) is 4.30. The van der Waals surface area contributed by atoms with E-state index in [0.29, 0.717) is 6.54 Å². The highest BCUT2D eigenvalue weighted by molar-refractivity contribution is 6.06. The molecule has 0 saturated carbocycles. The Morgan fingerprint density at radius 2 is 2.04 bits per heavy atom. The summed E-state index contributed by atoms with van der Waals surface area (Å²) in [6.45, 7) is 0.486. The number of likely N-dealkylation sites (N-methyl/N-ethyl adjacent to an activating group) is 1. The fourth-order valence-corrected chi connectivity index (χ4v) is 3.09. The molecule has 1 aliphatic rings. The van der Waals surface area contributed by atoms with Crippen molar-refractivity contribution in [3.63, 3.8) is 0 Å². The standard InChI is InChI=1S/C18H17N5O/c1-21-10-13(9-20-21)4-3-12-7-14-5-6-23-11-15(19)18(24)22(2)16(8-12)17(14)23/h5-10,15H,11,19H2,1-2H3. The van der Waals surface area contributed by atoms with Crippen molar-refractivity contribution in [2.45, 2.75) is 12.6 Å². The summed E-state index contributed by atoms with van der Waals surface area (Å²) in [6, 6.07) is 5.47. The molecule has 0 spiro atoms. The average molecular weight is 319 g/mol. The molecule has 1 atom stereocenters. The predicted molar refractivity (Wildman–Crippen MR) is 92.5 cm³/mol. The van der Waals surface area contributed by atoms with Crippen molar-refractivity contribution >= 4 is 22.5 Å². The number of benzene rings is 1. The van der Waals surface area contributed by atoms with Crippen molar-refractivity contribution in [2.75, 3.05) is 11.9 Å². The first-order valence-corrected chi connectivity index (χ1v) is 7.69. The number of aromatic nitrogens is 3. The maximum Gasteiger partial charge on any atom is 0.245 e. The molecule has 6 heteroatoms. The molecule has 120 valence electrons. The van der Waals surface area contributed by atoms with Crippen LogP contribution in [0.2, 0.25) is 0 Å². The second-order valence-corrected chi connectivity index (χ2v) is 6.06. The highest BCUT2D eigenvalue weighted by Gasteiger charge is 2.26. The van der Waals surface area contributed by atoms with Gasteiger partial charge in [-0.15, -0.1) is 0 Å². The summed E-state index contributed by atoms with van der Waals surface area (Å²) in [5.74, 6) is 6.18. The van der Waals surface area contributed by atoms with Crippen LogP contribution >= 0.6 is 0 Å². The molecule has 1 aliphatic heterocycles. The topological polar surface area (TPSA) is 69.1 Å². The molecule has 24 heavy (non-hydrogen) atoms. The largest absolute Gasteiger partial charge is 0.344 e. The van der Waals surface area contributed by atoms with Crippen molar-refractivity contribution in [1.29, 1.82) is 0 Å². The smallest absolute Gasteiger partial charge is 0.245 e. The molecular formula is C18H17N5O. The van der Waals surface area contributed by atoms with Crippen LogP contribution in [0.15, 0.2) is 36.8 Å². The van der Waals surface area contributed by atoms with Crippen molar-refractivity contribution in [3.05, 3.63) is 47.9 Å². The lowest BCUT2D eigenvalue weighted by Crippen LogP contribution is -2.42. The molecule has 4 rings (SSSR count). The molecule has 3 heterocycles. The Hall–Kier alpha value is -3.04. The number of anilines is 1. The van der Waals surface area contributed by atoms with E-state index in [9.17, 15) is 4.79 Å². The Labute approximate surface area is 139 Å². The fourth-order valence-electron chi connectivity index (χ4n) is 3.09. The third kappa shape index (κ3) is 2.27. The Kier molecular flexibility index (Phi) is 3.18. The van der Waals surface area contributed by atoms with Gasteiger partial charge in [-0.05, 0) is 18.2 Å². The molecule has 0 aliphatic carbocycles. The van der Waals surface area contributed by atoms with Gasteiger partial charge < -0.3 is 15.2 Å². The SMILES string of the molecule is CN1C(=O)C(N)Cn2ccc3cc(C#Cc4cnn(C)c4)cc1c32. The number of carbonyl (C=O) groups is 1. The van der Waals surface area contributed by atoms with Crippen LogP contribution < -0.4 is 10.6 Å². The summed E-state index contributed by atoms with van der Waals surface area (Å²) in [7, 11) is 3.62. The van der Waals surface area contributed by atoms with Gasteiger partial charge >= 0.3 is 0 Å². The minimum Gasteiger partial charge on any atom is -0.344 e. The van der Waals surface area contributed by atoms with Crippen LogP contribution in [0.3, 0.4) is 0 Å². The second-order valence-electron chi connectivity index (χ2n) is 6.06. The number of rotatable bonds is 0. The minimum absolute atomic E-state index is 0.0858. The van der Waals surface area contributed by atoms with E-state index < -0.39 is 6.04 Å². The number of nitrogens with zero attached hydrogens (tertiary/aromatic N) is 4. The molecule has 0 saturated heterocycles. The van der Waals surface area contributed by atoms with Crippen molar-refractivity contribution in [2.24, 2.45) is 12.8 Å². The van der Waals surface area contributed by atoms with Gasteiger partial charge in [0.25, 0.3) is 0 Å². The number of amides is 1. The van der Waals surface area contributed by atoms with E-state index in [1.165, 1.54) is 0 Å². The molecule has 1 amide bonds. The first-order valence-electron chi connectivity index (χ1n) is 7.69. The monoisotopic (exact) mass is 319 g/mol. The van der Waals surface area contributed by atoms with Crippen molar-refractivity contribution in [1.82, 2.24) is 14.3 Å². The maximum absolute atomic E-state index is 12.4. The van der Waals surface area contributed by atoms with Crippen LogP contribution in [0.5, 0.6) is 0 Å². The Bertz CT molecular complexity index is 1020. The summed E-state index contributed by atoms with van der Waals surface area (Å²) in [5, 5.41) is 5.16. The van der Waals surface area contributed by atoms with Crippen LogP contribution in [-0.2, 0) is 18.4 Å². The van der Waals surface area contributed by atoms with E-state index in [-0.39, 0.29) is 5.91 Å². The van der Waals surface area contributed by atoms with E-state index in [1.807, 2.05) is 42.2 Å². The molecule has 0 bridgehead atoms. The van der Waals surface area contributed by atoms with Crippen molar-refractivity contribution in [3.8, 4) is 11.8 Å². The molecule has 1 unspecified atom stereocenters. The second kappa shape index (κ2) is 5.25. The lowest BCUT2D eigenvalue weighted by molar-refractivity contribution is -0.119. The van der Waals surface area contributed by atoms with Gasteiger partial charge in [-0.25, -0.2) is 0 Å². The van der Waals surface area contributed by atoms with Gasteiger partial charge in [-0.3, -0.25) is 9.48 Å². The predicted octanol–water partition coefficient (Wildman–Crippen LogP) is 1.08. The lowest BCUT2D eigenvalue weighted by atomic mass is 10.1. The third-order valence-electron chi connectivity index (χ3n) is 4.30. The van der Waals surface area contributed by atoms with Gasteiger partial charge in [0.2, 0.25) is 5.91 Å². The number of nitrogens with two attached hydrogens (primary N) is 1. The summed E-state index contributed by atoms with van der Waals surface area (Å²) in [5.41, 5.74) is 9.58. The number of carbonyl (C=O) groups excluding carboxylic acids is 1. The first kappa shape index (κ1) is 14.5. The molecular weight excluding hydrogens is 302 g/mol. The van der Waals surface area contributed by atoms with Crippen LogP contribution in [0, 0.1) is 11.8 Å². The number of hydrogen-bond donors (Lipinski definition) is 1. The number of aryl methyl sites for hydroxylation is 1. The normalized spacial score (nSPS) is 16.9. The van der Waals surface area contributed by atoms with Gasteiger partial charge in [0, 0.05) is 44.0 Å². The Balaban J connectivity index is 1.85. The quantitative estimate of drug-likeness (QED) is 0.630. The molecule has 3 aromatic rings. The molecule has 0 fully saturated rings. The molecule has 0 radical (unpaired) electrons. The summed E-state index contributed by atoms with van der Waals surface area (Å²) < 4.78 is 3.75. The zero-order chi connectivity index (χ0) is 16.8. The van der Waals surface area contributed by atoms with Crippen molar-refractivity contribution < 1.29 is 4.79 Å².